The molecule has 0 aliphatic heterocycles. The highest BCUT2D eigenvalue weighted by atomic mass is 32.1. The van der Waals surface area contributed by atoms with Gasteiger partial charge in [-0.25, -0.2) is 19.9 Å². The predicted molar refractivity (Wildman–Crippen MR) is 186 cm³/mol. The van der Waals surface area contributed by atoms with Crippen LogP contribution in [0.1, 0.15) is 0 Å². The van der Waals surface area contributed by atoms with Crippen LogP contribution in [0.2, 0.25) is 0 Å². The van der Waals surface area contributed by atoms with Crippen molar-refractivity contribution in [2.24, 2.45) is 0 Å². The SMILES string of the molecule is c1ccc(-c2nc(-c3ccccc3)nc(-c3cccc(-c4cccc(-c5cccc6sc(-c7ccccc7)nc56)c4)c3)n2)cc1. The molecule has 0 saturated carbocycles. The van der Waals surface area contributed by atoms with Crippen molar-refractivity contribution in [3.05, 3.63) is 158 Å². The van der Waals surface area contributed by atoms with E-state index < -0.39 is 0 Å². The standard InChI is InChI=1S/C40H26N4S/c1-4-13-27(14-5-1)37-42-38(28-15-6-2-7-16-28)44-39(43-37)33-22-11-20-31(26-33)30-19-10-21-32(25-30)34-23-12-24-35-36(34)41-40(45-35)29-17-8-3-9-18-29/h1-26H. The molecule has 212 valence electrons. The number of rotatable bonds is 6. The molecule has 8 rings (SSSR count). The lowest BCUT2D eigenvalue weighted by atomic mass is 9.97. The summed E-state index contributed by atoms with van der Waals surface area (Å²) in [7, 11) is 0. The van der Waals surface area contributed by atoms with Crippen LogP contribution in [0, 0.1) is 0 Å². The molecule has 8 aromatic rings. The van der Waals surface area contributed by atoms with Crippen LogP contribution < -0.4 is 0 Å². The van der Waals surface area contributed by atoms with Gasteiger partial charge in [0.25, 0.3) is 0 Å². The minimum absolute atomic E-state index is 0.640. The second-order valence-electron chi connectivity index (χ2n) is 10.7. The van der Waals surface area contributed by atoms with Crippen molar-refractivity contribution in [3.63, 3.8) is 0 Å². The number of para-hydroxylation sites is 1. The molecule has 0 aliphatic rings. The second kappa shape index (κ2) is 11.7. The lowest BCUT2D eigenvalue weighted by Crippen LogP contribution is -2.00. The number of aromatic nitrogens is 4. The Morgan fingerprint density at radius 3 is 1.38 bits per heavy atom. The first-order chi connectivity index (χ1) is 22.3. The summed E-state index contributed by atoms with van der Waals surface area (Å²) in [6.45, 7) is 0. The van der Waals surface area contributed by atoms with E-state index in [2.05, 4.69) is 91.0 Å². The molecule has 6 aromatic carbocycles. The topological polar surface area (TPSA) is 51.6 Å². The van der Waals surface area contributed by atoms with Crippen LogP contribution in [0.25, 0.3) is 77.2 Å². The third-order valence-electron chi connectivity index (χ3n) is 7.77. The zero-order valence-electron chi connectivity index (χ0n) is 24.2. The van der Waals surface area contributed by atoms with Crippen molar-refractivity contribution in [1.29, 1.82) is 0 Å². The number of hydrogen-bond acceptors (Lipinski definition) is 5. The minimum Gasteiger partial charge on any atom is -0.235 e. The van der Waals surface area contributed by atoms with Crippen molar-refractivity contribution in [2.45, 2.75) is 0 Å². The molecular weight excluding hydrogens is 569 g/mol. The molecule has 45 heavy (non-hydrogen) atoms. The van der Waals surface area contributed by atoms with Gasteiger partial charge in [0.05, 0.1) is 10.2 Å². The largest absolute Gasteiger partial charge is 0.235 e. The summed E-state index contributed by atoms with van der Waals surface area (Å²) in [5, 5.41) is 1.03. The van der Waals surface area contributed by atoms with Gasteiger partial charge in [-0.15, -0.1) is 11.3 Å². The van der Waals surface area contributed by atoms with Crippen LogP contribution in [-0.4, -0.2) is 19.9 Å². The molecule has 0 atom stereocenters. The summed E-state index contributed by atoms with van der Waals surface area (Å²) in [4.78, 5) is 19.8. The minimum atomic E-state index is 0.640. The highest BCUT2D eigenvalue weighted by Gasteiger charge is 2.14. The van der Waals surface area contributed by atoms with E-state index in [-0.39, 0.29) is 0 Å². The van der Waals surface area contributed by atoms with Crippen LogP contribution in [0.15, 0.2) is 158 Å². The number of thiazole rings is 1. The molecule has 5 heteroatoms. The maximum absolute atomic E-state index is 5.08. The van der Waals surface area contributed by atoms with Crippen LogP contribution in [-0.2, 0) is 0 Å². The molecular formula is C40H26N4S. The molecule has 0 saturated heterocycles. The molecule has 0 spiro atoms. The predicted octanol–water partition coefficient (Wildman–Crippen LogP) is 10.5. The molecule has 2 heterocycles. The average Bonchev–Trinajstić information content (AvgIpc) is 3.58. The number of fused-ring (bicyclic) bond motifs is 1. The lowest BCUT2D eigenvalue weighted by Gasteiger charge is -2.10. The van der Waals surface area contributed by atoms with Gasteiger partial charge in [0, 0.05) is 27.8 Å². The molecule has 2 aromatic heterocycles. The van der Waals surface area contributed by atoms with E-state index in [1.165, 1.54) is 4.70 Å². The van der Waals surface area contributed by atoms with Gasteiger partial charge in [0.1, 0.15) is 5.01 Å². The number of benzene rings is 6. The molecule has 0 unspecified atom stereocenters. The molecule has 0 fully saturated rings. The Kier molecular flexibility index (Phi) is 6.98. The highest BCUT2D eigenvalue weighted by molar-refractivity contribution is 7.21. The van der Waals surface area contributed by atoms with Gasteiger partial charge >= 0.3 is 0 Å². The molecule has 0 bridgehead atoms. The van der Waals surface area contributed by atoms with E-state index in [1.807, 2.05) is 66.7 Å². The summed E-state index contributed by atoms with van der Waals surface area (Å²) in [6.07, 6.45) is 0. The third-order valence-corrected chi connectivity index (χ3v) is 8.84. The van der Waals surface area contributed by atoms with Crippen molar-refractivity contribution in [3.8, 4) is 67.0 Å². The fourth-order valence-corrected chi connectivity index (χ4v) is 6.53. The Balaban J connectivity index is 1.20. The summed E-state index contributed by atoms with van der Waals surface area (Å²) in [5.74, 6) is 1.94. The zero-order valence-corrected chi connectivity index (χ0v) is 25.0. The Morgan fingerprint density at radius 2 is 0.778 bits per heavy atom. The average molecular weight is 595 g/mol. The fraction of sp³-hybridized carbons (Fsp3) is 0. The Morgan fingerprint density at radius 1 is 0.333 bits per heavy atom. The van der Waals surface area contributed by atoms with E-state index in [4.69, 9.17) is 19.9 Å². The molecule has 0 amide bonds. The molecule has 0 radical (unpaired) electrons. The summed E-state index contributed by atoms with van der Waals surface area (Å²) in [6, 6.07) is 54.0. The first-order valence-corrected chi connectivity index (χ1v) is 15.6. The van der Waals surface area contributed by atoms with Crippen molar-refractivity contribution in [1.82, 2.24) is 19.9 Å². The fourth-order valence-electron chi connectivity index (χ4n) is 5.53. The number of nitrogens with zero attached hydrogens (tertiary/aromatic N) is 4. The second-order valence-corrected chi connectivity index (χ2v) is 11.8. The molecule has 0 N–H and O–H groups in total. The van der Waals surface area contributed by atoms with Gasteiger partial charge in [0.15, 0.2) is 17.5 Å². The zero-order chi connectivity index (χ0) is 30.0. The van der Waals surface area contributed by atoms with E-state index in [0.29, 0.717) is 17.5 Å². The Labute approximate surface area is 265 Å². The molecule has 4 nitrogen and oxygen atoms in total. The normalized spacial score (nSPS) is 11.1. The number of hydrogen-bond donors (Lipinski definition) is 0. The summed E-state index contributed by atoms with van der Waals surface area (Å²) < 4.78 is 1.18. The van der Waals surface area contributed by atoms with E-state index >= 15 is 0 Å². The Bertz CT molecular complexity index is 2200. The van der Waals surface area contributed by atoms with Crippen LogP contribution in [0.4, 0.5) is 0 Å². The van der Waals surface area contributed by atoms with Crippen molar-refractivity contribution < 1.29 is 0 Å². The van der Waals surface area contributed by atoms with Gasteiger partial charge in [-0.1, -0.05) is 140 Å². The summed E-state index contributed by atoms with van der Waals surface area (Å²) >= 11 is 1.73. The van der Waals surface area contributed by atoms with Gasteiger partial charge in [-0.05, 0) is 34.9 Å². The Hall–Kier alpha value is -5.78. The van der Waals surface area contributed by atoms with E-state index in [0.717, 1.165) is 55.0 Å². The first kappa shape index (κ1) is 26.8. The van der Waals surface area contributed by atoms with Gasteiger partial charge in [-0.2, -0.15) is 0 Å². The van der Waals surface area contributed by atoms with Crippen LogP contribution in [0.3, 0.4) is 0 Å². The van der Waals surface area contributed by atoms with Crippen molar-refractivity contribution >= 4 is 21.6 Å². The third kappa shape index (κ3) is 5.42. The van der Waals surface area contributed by atoms with Crippen molar-refractivity contribution in [2.75, 3.05) is 0 Å². The van der Waals surface area contributed by atoms with Gasteiger partial charge < -0.3 is 0 Å². The van der Waals surface area contributed by atoms with E-state index in [1.54, 1.807) is 11.3 Å². The monoisotopic (exact) mass is 594 g/mol. The van der Waals surface area contributed by atoms with Crippen LogP contribution in [0.5, 0.6) is 0 Å². The maximum Gasteiger partial charge on any atom is 0.164 e. The lowest BCUT2D eigenvalue weighted by molar-refractivity contribution is 1.07. The maximum atomic E-state index is 5.08. The molecule has 0 aliphatic carbocycles. The van der Waals surface area contributed by atoms with Crippen LogP contribution >= 0.6 is 11.3 Å². The smallest absolute Gasteiger partial charge is 0.164 e. The van der Waals surface area contributed by atoms with Gasteiger partial charge in [0.2, 0.25) is 0 Å². The quantitative estimate of drug-likeness (QED) is 0.192. The van der Waals surface area contributed by atoms with E-state index in [9.17, 15) is 0 Å². The first-order valence-electron chi connectivity index (χ1n) is 14.8. The summed E-state index contributed by atoms with van der Waals surface area (Å²) in [5.41, 5.74) is 9.47. The highest BCUT2D eigenvalue weighted by Crippen LogP contribution is 2.37. The van der Waals surface area contributed by atoms with Gasteiger partial charge in [-0.3, -0.25) is 0 Å².